The van der Waals surface area contributed by atoms with Crippen LogP contribution in [-0.2, 0) is 0 Å². The van der Waals surface area contributed by atoms with Gasteiger partial charge in [0.25, 0.3) is 0 Å². The number of hydrogen-bond acceptors (Lipinski definition) is 3. The molecule has 0 saturated heterocycles. The molecule has 2 atom stereocenters. The van der Waals surface area contributed by atoms with E-state index in [1.165, 1.54) is 6.07 Å². The zero-order chi connectivity index (χ0) is 10.3. The summed E-state index contributed by atoms with van der Waals surface area (Å²) >= 11 is 0. The van der Waals surface area contributed by atoms with E-state index in [2.05, 4.69) is 0 Å². The van der Waals surface area contributed by atoms with E-state index in [-0.39, 0.29) is 12.2 Å². The maximum absolute atomic E-state index is 13.5. The molecule has 3 N–H and O–H groups in total. The number of fused-ring (bicyclic) bond motifs is 1. The number of nitrogens with two attached hydrogens (primary N) is 1. The van der Waals surface area contributed by atoms with E-state index in [0.29, 0.717) is 5.75 Å². The van der Waals surface area contributed by atoms with Crippen molar-refractivity contribution < 1.29 is 14.2 Å². The van der Waals surface area contributed by atoms with Crippen LogP contribution in [-0.4, -0.2) is 17.8 Å². The summed E-state index contributed by atoms with van der Waals surface area (Å²) in [5, 5.41) is 9.40. The number of rotatable bonds is 0. The first-order chi connectivity index (χ1) is 6.59. The van der Waals surface area contributed by atoms with Crippen molar-refractivity contribution in [2.45, 2.75) is 19.1 Å². The normalized spacial score (nSPS) is 25.4. The Hall–Kier alpha value is -1.13. The predicted octanol–water partition coefficient (Wildman–Crippen LogP) is 0.887. The molecule has 0 unspecified atom stereocenters. The number of benzene rings is 1. The molecule has 1 aliphatic rings. The maximum Gasteiger partial charge on any atom is 0.132 e. The third-order valence-corrected chi connectivity index (χ3v) is 2.39. The van der Waals surface area contributed by atoms with E-state index < -0.39 is 18.0 Å². The molecular weight excluding hydrogens is 185 g/mol. The van der Waals surface area contributed by atoms with Gasteiger partial charge in [-0.3, -0.25) is 0 Å². The van der Waals surface area contributed by atoms with Crippen molar-refractivity contribution in [3.63, 3.8) is 0 Å². The molecule has 2 rings (SSSR count). The Morgan fingerprint density at radius 2 is 2.29 bits per heavy atom. The van der Waals surface area contributed by atoms with Gasteiger partial charge in [0.1, 0.15) is 24.3 Å². The molecule has 0 spiro atoms. The lowest BCUT2D eigenvalue weighted by Gasteiger charge is -2.28. The number of aryl methyl sites for hydroxylation is 1. The zero-order valence-electron chi connectivity index (χ0n) is 7.83. The summed E-state index contributed by atoms with van der Waals surface area (Å²) in [6.45, 7) is 1.90. The van der Waals surface area contributed by atoms with Crippen LogP contribution < -0.4 is 10.5 Å². The quantitative estimate of drug-likeness (QED) is 0.649. The van der Waals surface area contributed by atoms with Gasteiger partial charge in [-0.15, -0.1) is 0 Å². The number of hydrogen-bond donors (Lipinski definition) is 2. The summed E-state index contributed by atoms with van der Waals surface area (Å²) in [6.07, 6.45) is -0.834. The van der Waals surface area contributed by atoms with Crippen LogP contribution in [0, 0.1) is 12.7 Å². The lowest BCUT2D eigenvalue weighted by molar-refractivity contribution is 0.0659. The van der Waals surface area contributed by atoms with Crippen molar-refractivity contribution >= 4 is 0 Å². The summed E-state index contributed by atoms with van der Waals surface area (Å²) in [5.41, 5.74) is 6.73. The average molecular weight is 197 g/mol. The van der Waals surface area contributed by atoms with Crippen LogP contribution in [0.25, 0.3) is 0 Å². The van der Waals surface area contributed by atoms with Gasteiger partial charge in [-0.25, -0.2) is 4.39 Å². The minimum Gasteiger partial charge on any atom is -0.490 e. The van der Waals surface area contributed by atoms with Gasteiger partial charge in [0, 0.05) is 5.56 Å². The van der Waals surface area contributed by atoms with E-state index in [9.17, 15) is 9.50 Å². The highest BCUT2D eigenvalue weighted by atomic mass is 19.1. The molecule has 1 aliphatic heterocycles. The Morgan fingerprint density at radius 3 is 3.00 bits per heavy atom. The van der Waals surface area contributed by atoms with Gasteiger partial charge in [-0.05, 0) is 24.6 Å². The fourth-order valence-corrected chi connectivity index (χ4v) is 1.64. The van der Waals surface area contributed by atoms with Crippen molar-refractivity contribution in [3.05, 3.63) is 29.1 Å². The van der Waals surface area contributed by atoms with Crippen molar-refractivity contribution in [1.82, 2.24) is 0 Å². The Labute approximate surface area is 81.3 Å². The first-order valence-electron chi connectivity index (χ1n) is 4.46. The molecule has 0 aromatic heterocycles. The van der Waals surface area contributed by atoms with E-state index in [0.717, 1.165) is 5.56 Å². The molecule has 0 bridgehead atoms. The van der Waals surface area contributed by atoms with Crippen LogP contribution in [0.15, 0.2) is 12.1 Å². The molecule has 0 radical (unpaired) electrons. The molecule has 3 nitrogen and oxygen atoms in total. The van der Waals surface area contributed by atoms with Crippen LogP contribution in [0.2, 0.25) is 0 Å². The molecule has 1 aromatic rings. The number of ether oxygens (including phenoxy) is 1. The summed E-state index contributed by atoms with van der Waals surface area (Å²) in [7, 11) is 0. The summed E-state index contributed by atoms with van der Waals surface area (Å²) < 4.78 is 18.7. The number of aliphatic hydroxyl groups excluding tert-OH is 1. The Balaban J connectivity index is 2.54. The molecule has 0 fully saturated rings. The van der Waals surface area contributed by atoms with Crippen molar-refractivity contribution in [1.29, 1.82) is 0 Å². The molecule has 0 saturated carbocycles. The van der Waals surface area contributed by atoms with Gasteiger partial charge in [0.15, 0.2) is 0 Å². The number of halogens is 1. The van der Waals surface area contributed by atoms with Gasteiger partial charge in [-0.1, -0.05) is 0 Å². The first kappa shape index (κ1) is 9.43. The van der Waals surface area contributed by atoms with Crippen molar-refractivity contribution in [2.24, 2.45) is 5.73 Å². The lowest BCUT2D eigenvalue weighted by atomic mass is 9.97. The van der Waals surface area contributed by atoms with Gasteiger partial charge in [0.05, 0.1) is 6.04 Å². The number of aliphatic hydroxyl groups is 1. The minimum atomic E-state index is -0.834. The van der Waals surface area contributed by atoms with Crippen molar-refractivity contribution in [2.75, 3.05) is 6.61 Å². The average Bonchev–Trinajstić information content (AvgIpc) is 2.10. The fraction of sp³-hybridized carbons (Fsp3) is 0.400. The fourth-order valence-electron chi connectivity index (χ4n) is 1.64. The largest absolute Gasteiger partial charge is 0.490 e. The first-order valence-corrected chi connectivity index (χ1v) is 4.46. The summed E-state index contributed by atoms with van der Waals surface area (Å²) in [4.78, 5) is 0. The monoisotopic (exact) mass is 197 g/mol. The van der Waals surface area contributed by atoms with E-state index in [1.54, 1.807) is 13.0 Å². The van der Waals surface area contributed by atoms with Crippen LogP contribution in [0.4, 0.5) is 4.39 Å². The molecule has 1 heterocycles. The molecule has 76 valence electrons. The smallest absolute Gasteiger partial charge is 0.132 e. The van der Waals surface area contributed by atoms with E-state index >= 15 is 0 Å². The highest BCUT2D eigenvalue weighted by Gasteiger charge is 2.29. The highest BCUT2D eigenvalue weighted by molar-refractivity contribution is 5.42. The molecule has 0 aliphatic carbocycles. The summed E-state index contributed by atoms with van der Waals surface area (Å²) in [5.74, 6) is 0.0338. The second-order valence-corrected chi connectivity index (χ2v) is 3.56. The SMILES string of the molecule is Cc1cc(F)c2c(c1)OC[C@@H](O)[C@H]2N. The van der Waals surface area contributed by atoms with Crippen LogP contribution in [0.3, 0.4) is 0 Å². The van der Waals surface area contributed by atoms with E-state index in [1.807, 2.05) is 0 Å². The minimum absolute atomic E-state index is 0.122. The second-order valence-electron chi connectivity index (χ2n) is 3.56. The van der Waals surface area contributed by atoms with Crippen LogP contribution in [0.5, 0.6) is 5.75 Å². The van der Waals surface area contributed by atoms with Gasteiger partial charge in [0.2, 0.25) is 0 Å². The lowest BCUT2D eigenvalue weighted by Crippen LogP contribution is -2.36. The van der Waals surface area contributed by atoms with E-state index in [4.69, 9.17) is 10.5 Å². The Morgan fingerprint density at radius 1 is 1.57 bits per heavy atom. The zero-order valence-corrected chi connectivity index (χ0v) is 7.83. The van der Waals surface area contributed by atoms with Gasteiger partial charge < -0.3 is 15.6 Å². The maximum atomic E-state index is 13.5. The summed E-state index contributed by atoms with van der Waals surface area (Å²) in [6, 6.07) is 2.42. The third-order valence-electron chi connectivity index (χ3n) is 2.39. The van der Waals surface area contributed by atoms with Crippen LogP contribution in [0.1, 0.15) is 17.2 Å². The molecule has 4 heteroatoms. The molecule has 0 amide bonds. The molecule has 14 heavy (non-hydrogen) atoms. The highest BCUT2D eigenvalue weighted by Crippen LogP contribution is 2.33. The third kappa shape index (κ3) is 1.36. The molecular formula is C10H12FNO2. The second kappa shape index (κ2) is 3.22. The predicted molar refractivity (Wildman–Crippen MR) is 49.6 cm³/mol. The van der Waals surface area contributed by atoms with Gasteiger partial charge in [-0.2, -0.15) is 0 Å². The Bertz CT molecular complexity index is 367. The van der Waals surface area contributed by atoms with Gasteiger partial charge >= 0.3 is 0 Å². The standard InChI is InChI=1S/C10H12FNO2/c1-5-2-6(11)9-8(3-5)14-4-7(13)10(9)12/h2-3,7,10,13H,4,12H2,1H3/t7-,10-/m1/s1. The van der Waals surface area contributed by atoms with Crippen molar-refractivity contribution in [3.8, 4) is 5.75 Å². The molecule has 1 aromatic carbocycles. The topological polar surface area (TPSA) is 55.5 Å². The Kier molecular flexibility index (Phi) is 2.17. The van der Waals surface area contributed by atoms with Crippen LogP contribution >= 0.6 is 0 Å².